The van der Waals surface area contributed by atoms with E-state index < -0.39 is 0 Å². The van der Waals surface area contributed by atoms with Gasteiger partial charge in [0.05, 0.1) is 0 Å². The number of hydrogen-bond acceptors (Lipinski definition) is 2. The summed E-state index contributed by atoms with van der Waals surface area (Å²) in [6.07, 6.45) is 2.98. The highest BCUT2D eigenvalue weighted by atomic mass is 35.5. The molecule has 9 heavy (non-hydrogen) atoms. The van der Waals surface area contributed by atoms with Crippen molar-refractivity contribution in [2.24, 2.45) is 0 Å². The molecule has 0 aromatic carbocycles. The lowest BCUT2D eigenvalue weighted by Crippen LogP contribution is -2.00. The minimum absolute atomic E-state index is 0.186. The summed E-state index contributed by atoms with van der Waals surface area (Å²) in [5, 5.41) is 0.337. The van der Waals surface area contributed by atoms with Crippen LogP contribution >= 0.6 is 23.4 Å². The molecule has 3 heteroatoms. The molecule has 0 saturated carbocycles. The van der Waals surface area contributed by atoms with Crippen molar-refractivity contribution in [2.45, 2.75) is 24.5 Å². The van der Waals surface area contributed by atoms with Crippen molar-refractivity contribution in [3.8, 4) is 0 Å². The molecule has 1 rings (SSSR count). The number of halogens is 1. The summed E-state index contributed by atoms with van der Waals surface area (Å²) < 4.78 is 0. The third kappa shape index (κ3) is 2.59. The molecule has 1 saturated heterocycles. The molecule has 1 heterocycles. The van der Waals surface area contributed by atoms with Gasteiger partial charge in [0.1, 0.15) is 0 Å². The molecule has 1 fully saturated rings. The Labute approximate surface area is 64.1 Å². The predicted molar refractivity (Wildman–Crippen MR) is 41.0 cm³/mol. The Balaban J connectivity index is 2.19. The van der Waals surface area contributed by atoms with Crippen molar-refractivity contribution in [1.29, 1.82) is 0 Å². The highest BCUT2D eigenvalue weighted by Crippen LogP contribution is 2.28. The summed E-state index contributed by atoms with van der Waals surface area (Å²) in [6.45, 7) is 0. The smallest absolute Gasteiger partial charge is 0.222 e. The molecule has 52 valence electrons. The first-order chi connectivity index (χ1) is 4.29. The van der Waals surface area contributed by atoms with Gasteiger partial charge < -0.3 is 0 Å². The van der Waals surface area contributed by atoms with Crippen molar-refractivity contribution in [3.05, 3.63) is 0 Å². The van der Waals surface area contributed by atoms with Crippen LogP contribution in [0, 0.1) is 0 Å². The van der Waals surface area contributed by atoms with E-state index in [1.54, 1.807) is 0 Å². The maximum absolute atomic E-state index is 10.4. The Morgan fingerprint density at radius 3 is 3.00 bits per heavy atom. The Morgan fingerprint density at radius 2 is 2.56 bits per heavy atom. The molecule has 0 radical (unpaired) electrons. The first-order valence-electron chi connectivity index (χ1n) is 3.09. The van der Waals surface area contributed by atoms with Crippen LogP contribution in [0.3, 0.4) is 0 Å². The summed E-state index contributed by atoms with van der Waals surface area (Å²) in [5.41, 5.74) is 0. The van der Waals surface area contributed by atoms with E-state index in [1.165, 1.54) is 18.6 Å². The van der Waals surface area contributed by atoms with Gasteiger partial charge in [-0.3, -0.25) is 4.79 Å². The second-order valence-electron chi connectivity index (χ2n) is 2.19. The van der Waals surface area contributed by atoms with E-state index in [0.29, 0.717) is 11.7 Å². The first-order valence-corrected chi connectivity index (χ1v) is 4.51. The summed E-state index contributed by atoms with van der Waals surface area (Å²) in [5.74, 6) is 1.20. The third-order valence-electron chi connectivity index (χ3n) is 1.41. The fourth-order valence-electron chi connectivity index (χ4n) is 0.984. The van der Waals surface area contributed by atoms with Gasteiger partial charge in [-0.15, -0.1) is 0 Å². The summed E-state index contributed by atoms with van der Waals surface area (Å²) in [6, 6.07) is 0. The topological polar surface area (TPSA) is 17.1 Å². The SMILES string of the molecule is O=C(Cl)CC1CCCS1. The Bertz CT molecular complexity index is 110. The highest BCUT2D eigenvalue weighted by molar-refractivity contribution is 8.00. The van der Waals surface area contributed by atoms with Crippen LogP contribution in [0.4, 0.5) is 0 Å². The Hall–Kier alpha value is 0.310. The van der Waals surface area contributed by atoms with E-state index in [0.717, 1.165) is 0 Å². The summed E-state index contributed by atoms with van der Waals surface area (Å²) >= 11 is 7.07. The van der Waals surface area contributed by atoms with Crippen molar-refractivity contribution in [3.63, 3.8) is 0 Å². The number of thioether (sulfide) groups is 1. The maximum atomic E-state index is 10.4. The lowest BCUT2D eigenvalue weighted by molar-refractivity contribution is -0.111. The molecule has 0 bridgehead atoms. The fourth-order valence-corrected chi connectivity index (χ4v) is 2.53. The second kappa shape index (κ2) is 3.47. The molecule has 1 nitrogen and oxygen atoms in total. The number of hydrogen-bond donors (Lipinski definition) is 0. The van der Waals surface area contributed by atoms with Gasteiger partial charge in [-0.05, 0) is 30.2 Å². The van der Waals surface area contributed by atoms with Crippen LogP contribution in [0.5, 0.6) is 0 Å². The largest absolute Gasteiger partial charge is 0.281 e. The van der Waals surface area contributed by atoms with Gasteiger partial charge in [-0.25, -0.2) is 0 Å². The lowest BCUT2D eigenvalue weighted by atomic mass is 10.2. The molecule has 1 aliphatic rings. The number of carbonyl (C=O) groups is 1. The van der Waals surface area contributed by atoms with E-state index in [-0.39, 0.29) is 5.24 Å². The number of carbonyl (C=O) groups excluding carboxylic acids is 1. The van der Waals surface area contributed by atoms with Crippen LogP contribution in [0.2, 0.25) is 0 Å². The van der Waals surface area contributed by atoms with E-state index in [4.69, 9.17) is 11.6 Å². The van der Waals surface area contributed by atoms with Gasteiger partial charge in [0.25, 0.3) is 0 Å². The Morgan fingerprint density at radius 1 is 1.78 bits per heavy atom. The predicted octanol–water partition coefficient (Wildman–Crippen LogP) is 2.04. The van der Waals surface area contributed by atoms with Gasteiger partial charge in [-0.1, -0.05) is 0 Å². The van der Waals surface area contributed by atoms with Gasteiger partial charge in [0, 0.05) is 11.7 Å². The maximum Gasteiger partial charge on any atom is 0.222 e. The first kappa shape index (κ1) is 7.42. The molecule has 0 aromatic rings. The standard InChI is InChI=1S/C6H9ClOS/c7-6(8)4-5-2-1-3-9-5/h5H,1-4H2. The van der Waals surface area contributed by atoms with Crippen LogP contribution in [-0.4, -0.2) is 16.2 Å². The average Bonchev–Trinajstić information content (AvgIpc) is 2.15. The van der Waals surface area contributed by atoms with Crippen LogP contribution in [0.1, 0.15) is 19.3 Å². The van der Waals surface area contributed by atoms with Crippen molar-refractivity contribution < 1.29 is 4.79 Å². The summed E-state index contributed by atoms with van der Waals surface area (Å²) in [4.78, 5) is 10.4. The normalized spacial score (nSPS) is 26.6. The molecule has 0 spiro atoms. The van der Waals surface area contributed by atoms with Crippen LogP contribution in [-0.2, 0) is 4.79 Å². The third-order valence-corrected chi connectivity index (χ3v) is 2.96. The molecule has 0 aromatic heterocycles. The molecular formula is C6H9ClOS. The lowest BCUT2D eigenvalue weighted by Gasteiger charge is -2.01. The van der Waals surface area contributed by atoms with E-state index >= 15 is 0 Å². The quantitative estimate of drug-likeness (QED) is 0.581. The zero-order valence-corrected chi connectivity index (χ0v) is 6.67. The van der Waals surface area contributed by atoms with Crippen LogP contribution in [0.15, 0.2) is 0 Å². The molecule has 0 amide bonds. The van der Waals surface area contributed by atoms with Gasteiger partial charge in [0.2, 0.25) is 5.24 Å². The molecule has 1 atom stereocenters. The monoisotopic (exact) mass is 164 g/mol. The van der Waals surface area contributed by atoms with Gasteiger partial charge >= 0.3 is 0 Å². The van der Waals surface area contributed by atoms with Crippen molar-refractivity contribution >= 4 is 28.6 Å². The zero-order chi connectivity index (χ0) is 6.69. The fraction of sp³-hybridized carbons (Fsp3) is 0.833. The second-order valence-corrected chi connectivity index (χ2v) is 4.02. The molecular weight excluding hydrogens is 156 g/mol. The van der Waals surface area contributed by atoms with Crippen LogP contribution < -0.4 is 0 Å². The van der Waals surface area contributed by atoms with Crippen molar-refractivity contribution in [1.82, 2.24) is 0 Å². The highest BCUT2D eigenvalue weighted by Gasteiger charge is 2.17. The molecule has 0 N–H and O–H groups in total. The van der Waals surface area contributed by atoms with E-state index in [1.807, 2.05) is 11.8 Å². The molecule has 0 aliphatic carbocycles. The van der Waals surface area contributed by atoms with Gasteiger partial charge in [-0.2, -0.15) is 11.8 Å². The number of rotatable bonds is 2. The minimum atomic E-state index is -0.186. The zero-order valence-electron chi connectivity index (χ0n) is 5.10. The summed E-state index contributed by atoms with van der Waals surface area (Å²) in [7, 11) is 0. The van der Waals surface area contributed by atoms with E-state index in [2.05, 4.69) is 0 Å². The molecule has 1 unspecified atom stereocenters. The van der Waals surface area contributed by atoms with E-state index in [9.17, 15) is 4.79 Å². The van der Waals surface area contributed by atoms with Crippen LogP contribution in [0.25, 0.3) is 0 Å². The average molecular weight is 165 g/mol. The van der Waals surface area contributed by atoms with Gasteiger partial charge in [0.15, 0.2) is 0 Å². The Kier molecular flexibility index (Phi) is 2.86. The van der Waals surface area contributed by atoms with Crippen molar-refractivity contribution in [2.75, 3.05) is 5.75 Å². The minimum Gasteiger partial charge on any atom is -0.281 e. The molecule has 1 aliphatic heterocycles.